The van der Waals surface area contributed by atoms with Crippen molar-refractivity contribution in [3.8, 4) is 11.4 Å². The molecule has 2 heterocycles. The minimum atomic E-state index is -0.422. The number of hydrogen-bond acceptors (Lipinski definition) is 6. The zero-order valence-corrected chi connectivity index (χ0v) is 17.0. The van der Waals surface area contributed by atoms with E-state index in [0.29, 0.717) is 28.8 Å². The Morgan fingerprint density at radius 2 is 2.00 bits per heavy atom. The number of ketones is 1. The smallest absolute Gasteiger partial charge is 0.237 e. The highest BCUT2D eigenvalue weighted by Crippen LogP contribution is 2.27. The summed E-state index contributed by atoms with van der Waals surface area (Å²) in [4.78, 5) is 28.2. The van der Waals surface area contributed by atoms with Gasteiger partial charge in [0, 0.05) is 35.8 Å². The van der Waals surface area contributed by atoms with Crippen LogP contribution in [-0.2, 0) is 11.3 Å². The van der Waals surface area contributed by atoms with Crippen LogP contribution in [-0.4, -0.2) is 36.7 Å². The molecule has 0 bridgehead atoms. The lowest BCUT2D eigenvalue weighted by molar-refractivity contribution is -0.115. The molecule has 1 N–H and O–H groups in total. The van der Waals surface area contributed by atoms with Crippen LogP contribution >= 0.6 is 11.8 Å². The van der Waals surface area contributed by atoms with Crippen molar-refractivity contribution in [2.24, 2.45) is 0 Å². The molecule has 29 heavy (non-hydrogen) atoms. The van der Waals surface area contributed by atoms with Gasteiger partial charge in [0.25, 0.3) is 0 Å². The molecule has 148 valence electrons. The number of allylic oxidation sites excluding steroid dienone is 1. The van der Waals surface area contributed by atoms with Crippen LogP contribution in [0.1, 0.15) is 24.2 Å². The Hall–Kier alpha value is -3.26. The molecule has 0 spiro atoms. The number of aromatic nitrogens is 4. The van der Waals surface area contributed by atoms with Gasteiger partial charge in [-0.05, 0) is 38.1 Å². The second kappa shape index (κ2) is 9.29. The van der Waals surface area contributed by atoms with E-state index >= 15 is 0 Å². The second-order valence-corrected chi connectivity index (χ2v) is 7.64. The molecule has 0 fully saturated rings. The van der Waals surface area contributed by atoms with Crippen molar-refractivity contribution in [3.05, 3.63) is 67.0 Å². The first-order chi connectivity index (χ1) is 14.0. The fraction of sp³-hybridized carbons (Fsp3) is 0.190. The van der Waals surface area contributed by atoms with Gasteiger partial charge in [-0.25, -0.2) is 0 Å². The number of amides is 1. The Bertz CT molecular complexity index is 1030. The third kappa shape index (κ3) is 4.97. The standard InChI is InChI=1S/C21H21N5O2S/c1-4-12-26-19(16-8-10-22-11-9-16)24-25-21(26)29-15(3)20(28)23-18-7-5-6-17(13-18)14(2)27/h4-11,13,15H,1,12H2,2-3H3,(H,23,28). The van der Waals surface area contributed by atoms with E-state index in [-0.39, 0.29) is 11.7 Å². The molecular weight excluding hydrogens is 386 g/mol. The van der Waals surface area contributed by atoms with Gasteiger partial charge in [0.1, 0.15) is 0 Å². The van der Waals surface area contributed by atoms with Crippen molar-refractivity contribution in [1.82, 2.24) is 19.7 Å². The van der Waals surface area contributed by atoms with Crippen LogP contribution in [0, 0.1) is 0 Å². The Morgan fingerprint density at radius 3 is 2.69 bits per heavy atom. The third-order valence-corrected chi connectivity index (χ3v) is 5.24. The Labute approximate surface area is 173 Å². The molecule has 0 saturated carbocycles. The topological polar surface area (TPSA) is 89.8 Å². The van der Waals surface area contributed by atoms with Gasteiger partial charge in [-0.3, -0.25) is 19.1 Å². The molecule has 3 aromatic rings. The summed E-state index contributed by atoms with van der Waals surface area (Å²) < 4.78 is 1.91. The van der Waals surface area contributed by atoms with Crippen LogP contribution in [0.3, 0.4) is 0 Å². The summed E-state index contributed by atoms with van der Waals surface area (Å²) in [6.45, 7) is 7.61. The summed E-state index contributed by atoms with van der Waals surface area (Å²) >= 11 is 1.31. The number of anilines is 1. The van der Waals surface area contributed by atoms with E-state index in [4.69, 9.17) is 0 Å². The van der Waals surface area contributed by atoms with Crippen LogP contribution < -0.4 is 5.32 Å². The molecule has 0 saturated heterocycles. The van der Waals surface area contributed by atoms with Crippen molar-refractivity contribution in [2.75, 3.05) is 5.32 Å². The van der Waals surface area contributed by atoms with Gasteiger partial charge in [-0.2, -0.15) is 0 Å². The number of thioether (sulfide) groups is 1. The first-order valence-electron chi connectivity index (χ1n) is 9.02. The van der Waals surface area contributed by atoms with Crippen LogP contribution in [0.4, 0.5) is 5.69 Å². The minimum Gasteiger partial charge on any atom is -0.325 e. The van der Waals surface area contributed by atoms with Crippen LogP contribution in [0.5, 0.6) is 0 Å². The molecule has 0 aliphatic rings. The number of benzene rings is 1. The maximum atomic E-state index is 12.6. The van der Waals surface area contributed by atoms with Crippen molar-refractivity contribution in [3.63, 3.8) is 0 Å². The quantitative estimate of drug-likeness (QED) is 0.347. The summed E-state index contributed by atoms with van der Waals surface area (Å²) in [5.41, 5.74) is 2.02. The van der Waals surface area contributed by atoms with Gasteiger partial charge in [0.2, 0.25) is 5.91 Å². The largest absolute Gasteiger partial charge is 0.325 e. The van der Waals surface area contributed by atoms with E-state index in [1.165, 1.54) is 18.7 Å². The number of hydrogen-bond donors (Lipinski definition) is 1. The Balaban J connectivity index is 1.76. The monoisotopic (exact) mass is 407 g/mol. The number of pyridine rings is 1. The predicted octanol–water partition coefficient (Wildman–Crippen LogP) is 3.85. The lowest BCUT2D eigenvalue weighted by Gasteiger charge is -2.13. The highest BCUT2D eigenvalue weighted by atomic mass is 32.2. The van der Waals surface area contributed by atoms with Gasteiger partial charge in [0.05, 0.1) is 5.25 Å². The molecule has 0 radical (unpaired) electrons. The fourth-order valence-corrected chi connectivity index (χ4v) is 3.51. The first kappa shape index (κ1) is 20.5. The number of Topliss-reactive ketones (excluding diaryl/α,β-unsaturated/α-hetero) is 1. The normalized spacial score (nSPS) is 11.7. The van der Waals surface area contributed by atoms with Gasteiger partial charge in [-0.15, -0.1) is 16.8 Å². The fourth-order valence-electron chi connectivity index (χ4n) is 2.66. The molecule has 1 unspecified atom stereocenters. The van der Waals surface area contributed by atoms with Gasteiger partial charge >= 0.3 is 0 Å². The maximum Gasteiger partial charge on any atom is 0.237 e. The molecule has 7 nitrogen and oxygen atoms in total. The van der Waals surface area contributed by atoms with Crippen LogP contribution in [0.15, 0.2) is 66.6 Å². The van der Waals surface area contributed by atoms with Gasteiger partial charge in [-0.1, -0.05) is 30.0 Å². The van der Waals surface area contributed by atoms with E-state index in [0.717, 1.165) is 5.56 Å². The van der Waals surface area contributed by atoms with Crippen LogP contribution in [0.2, 0.25) is 0 Å². The summed E-state index contributed by atoms with van der Waals surface area (Å²) in [5.74, 6) is 0.454. The zero-order chi connectivity index (χ0) is 20.8. The molecular formula is C21H21N5O2S. The van der Waals surface area contributed by atoms with Gasteiger partial charge in [0.15, 0.2) is 16.8 Å². The molecule has 2 aromatic heterocycles. The van der Waals surface area contributed by atoms with E-state index in [1.54, 1.807) is 49.7 Å². The number of nitrogens with zero attached hydrogens (tertiary/aromatic N) is 4. The van der Waals surface area contributed by atoms with Crippen molar-refractivity contribution < 1.29 is 9.59 Å². The Morgan fingerprint density at radius 1 is 1.24 bits per heavy atom. The SMILES string of the molecule is C=CCn1c(SC(C)C(=O)Nc2cccc(C(C)=O)c2)nnc1-c1ccncc1. The molecule has 1 atom stereocenters. The summed E-state index contributed by atoms with van der Waals surface area (Å²) in [6.07, 6.45) is 5.15. The summed E-state index contributed by atoms with van der Waals surface area (Å²) in [5, 5.41) is 11.6. The van der Waals surface area contributed by atoms with Crippen molar-refractivity contribution in [1.29, 1.82) is 0 Å². The second-order valence-electron chi connectivity index (χ2n) is 6.33. The van der Waals surface area contributed by atoms with Crippen molar-refractivity contribution in [2.45, 2.75) is 30.8 Å². The molecule has 1 aromatic carbocycles. The van der Waals surface area contributed by atoms with E-state index in [1.807, 2.05) is 16.7 Å². The minimum absolute atomic E-state index is 0.0512. The summed E-state index contributed by atoms with van der Waals surface area (Å²) in [7, 11) is 0. The van der Waals surface area contributed by atoms with Crippen molar-refractivity contribution >= 4 is 29.1 Å². The number of rotatable bonds is 8. The average molecular weight is 407 g/mol. The molecule has 0 aliphatic carbocycles. The van der Waals surface area contributed by atoms with E-state index in [9.17, 15) is 9.59 Å². The number of carbonyl (C=O) groups excluding carboxylic acids is 2. The van der Waals surface area contributed by atoms with Crippen LogP contribution in [0.25, 0.3) is 11.4 Å². The number of carbonyl (C=O) groups is 2. The lowest BCUT2D eigenvalue weighted by Crippen LogP contribution is -2.23. The highest BCUT2D eigenvalue weighted by Gasteiger charge is 2.20. The predicted molar refractivity (Wildman–Crippen MR) is 114 cm³/mol. The molecule has 3 rings (SSSR count). The third-order valence-electron chi connectivity index (χ3n) is 4.16. The molecule has 1 amide bonds. The average Bonchev–Trinajstić information content (AvgIpc) is 3.11. The number of nitrogens with one attached hydrogen (secondary N) is 1. The zero-order valence-electron chi connectivity index (χ0n) is 16.2. The molecule has 0 aliphatic heterocycles. The Kier molecular flexibility index (Phi) is 6.56. The molecule has 8 heteroatoms. The maximum absolute atomic E-state index is 12.6. The summed E-state index contributed by atoms with van der Waals surface area (Å²) in [6, 6.07) is 10.6. The van der Waals surface area contributed by atoms with E-state index in [2.05, 4.69) is 27.1 Å². The first-order valence-corrected chi connectivity index (χ1v) is 9.90. The lowest BCUT2D eigenvalue weighted by atomic mass is 10.1. The highest BCUT2D eigenvalue weighted by molar-refractivity contribution is 8.00. The van der Waals surface area contributed by atoms with E-state index < -0.39 is 5.25 Å². The van der Waals surface area contributed by atoms with Gasteiger partial charge < -0.3 is 5.32 Å².